The van der Waals surface area contributed by atoms with Crippen LogP contribution in [0.2, 0.25) is 0 Å². The summed E-state index contributed by atoms with van der Waals surface area (Å²) in [4.78, 5) is 2.53. The van der Waals surface area contributed by atoms with Crippen LogP contribution in [-0.2, 0) is 0 Å². The SMILES string of the molecule is C=C(CNC)C1CCN(C(C)C)C1. The van der Waals surface area contributed by atoms with E-state index in [-0.39, 0.29) is 0 Å². The molecule has 0 bridgehead atoms. The van der Waals surface area contributed by atoms with E-state index in [9.17, 15) is 0 Å². The second-order valence-electron chi connectivity index (χ2n) is 4.26. The Morgan fingerprint density at radius 2 is 2.31 bits per heavy atom. The molecular weight excluding hydrogens is 160 g/mol. The Kier molecular flexibility index (Phi) is 3.94. The average Bonchev–Trinajstić information content (AvgIpc) is 2.52. The molecule has 1 aliphatic rings. The molecule has 1 atom stereocenters. The summed E-state index contributed by atoms with van der Waals surface area (Å²) in [6, 6.07) is 0.687. The third-order valence-corrected chi connectivity index (χ3v) is 2.93. The lowest BCUT2D eigenvalue weighted by molar-refractivity contribution is 0.269. The Balaban J connectivity index is 2.36. The quantitative estimate of drug-likeness (QED) is 0.663. The minimum atomic E-state index is 0.687. The van der Waals surface area contributed by atoms with Gasteiger partial charge in [-0.25, -0.2) is 0 Å². The second kappa shape index (κ2) is 4.77. The Labute approximate surface area is 82.0 Å². The van der Waals surface area contributed by atoms with Gasteiger partial charge in [0.1, 0.15) is 0 Å². The van der Waals surface area contributed by atoms with Crippen molar-refractivity contribution >= 4 is 0 Å². The highest BCUT2D eigenvalue weighted by atomic mass is 15.2. The van der Waals surface area contributed by atoms with E-state index in [1.165, 1.54) is 25.1 Å². The monoisotopic (exact) mass is 182 g/mol. The van der Waals surface area contributed by atoms with Crippen molar-refractivity contribution in [1.82, 2.24) is 10.2 Å². The van der Waals surface area contributed by atoms with E-state index < -0.39 is 0 Å². The van der Waals surface area contributed by atoms with Crippen molar-refractivity contribution in [2.45, 2.75) is 26.3 Å². The van der Waals surface area contributed by atoms with E-state index in [2.05, 4.69) is 30.6 Å². The van der Waals surface area contributed by atoms with Crippen molar-refractivity contribution in [3.8, 4) is 0 Å². The fourth-order valence-electron chi connectivity index (χ4n) is 1.96. The zero-order valence-corrected chi connectivity index (χ0v) is 9.14. The van der Waals surface area contributed by atoms with Crippen molar-refractivity contribution in [3.63, 3.8) is 0 Å². The zero-order chi connectivity index (χ0) is 9.84. The molecule has 2 nitrogen and oxygen atoms in total. The van der Waals surface area contributed by atoms with Gasteiger partial charge in [-0.05, 0) is 39.8 Å². The van der Waals surface area contributed by atoms with E-state index in [1.54, 1.807) is 0 Å². The van der Waals surface area contributed by atoms with Crippen molar-refractivity contribution in [2.75, 3.05) is 26.7 Å². The molecule has 76 valence electrons. The molecule has 0 aromatic heterocycles. The van der Waals surface area contributed by atoms with Gasteiger partial charge in [0.05, 0.1) is 0 Å². The van der Waals surface area contributed by atoms with Gasteiger partial charge in [0.15, 0.2) is 0 Å². The van der Waals surface area contributed by atoms with Gasteiger partial charge in [-0.3, -0.25) is 0 Å². The molecule has 0 saturated carbocycles. The van der Waals surface area contributed by atoms with Gasteiger partial charge < -0.3 is 10.2 Å². The molecule has 1 N–H and O–H groups in total. The summed E-state index contributed by atoms with van der Waals surface area (Å²) in [5.74, 6) is 0.717. The largest absolute Gasteiger partial charge is 0.316 e. The van der Waals surface area contributed by atoms with Crippen LogP contribution in [0.5, 0.6) is 0 Å². The van der Waals surface area contributed by atoms with Gasteiger partial charge in [0, 0.05) is 19.1 Å². The highest BCUT2D eigenvalue weighted by Crippen LogP contribution is 2.23. The van der Waals surface area contributed by atoms with Crippen LogP contribution in [0.1, 0.15) is 20.3 Å². The summed E-state index contributed by atoms with van der Waals surface area (Å²) >= 11 is 0. The van der Waals surface area contributed by atoms with Crippen molar-refractivity contribution in [1.29, 1.82) is 0 Å². The lowest BCUT2D eigenvalue weighted by Crippen LogP contribution is -2.29. The van der Waals surface area contributed by atoms with Crippen LogP contribution in [0, 0.1) is 5.92 Å². The molecular formula is C11H22N2. The smallest absolute Gasteiger partial charge is 0.0162 e. The average molecular weight is 182 g/mol. The van der Waals surface area contributed by atoms with E-state index >= 15 is 0 Å². The van der Waals surface area contributed by atoms with Gasteiger partial charge in [0.2, 0.25) is 0 Å². The maximum Gasteiger partial charge on any atom is 0.0162 e. The van der Waals surface area contributed by atoms with Crippen LogP contribution in [0.15, 0.2) is 12.2 Å². The normalized spacial score (nSPS) is 24.2. The van der Waals surface area contributed by atoms with Crippen LogP contribution >= 0.6 is 0 Å². The first kappa shape index (κ1) is 10.7. The predicted octanol–water partition coefficient (Wildman–Crippen LogP) is 1.49. The first-order valence-corrected chi connectivity index (χ1v) is 5.21. The number of hydrogen-bond donors (Lipinski definition) is 1. The molecule has 1 aliphatic heterocycles. The van der Waals surface area contributed by atoms with Gasteiger partial charge in [0.25, 0.3) is 0 Å². The standard InChI is InChI=1S/C11H22N2/c1-9(2)13-6-5-11(8-13)10(3)7-12-4/h9,11-12H,3,5-8H2,1-2,4H3. The minimum Gasteiger partial charge on any atom is -0.316 e. The van der Waals surface area contributed by atoms with Gasteiger partial charge >= 0.3 is 0 Å². The van der Waals surface area contributed by atoms with Crippen LogP contribution in [-0.4, -0.2) is 37.6 Å². The van der Waals surface area contributed by atoms with Gasteiger partial charge in [-0.1, -0.05) is 12.2 Å². The number of hydrogen-bond acceptors (Lipinski definition) is 2. The third-order valence-electron chi connectivity index (χ3n) is 2.93. The second-order valence-corrected chi connectivity index (χ2v) is 4.26. The van der Waals surface area contributed by atoms with E-state index in [4.69, 9.17) is 0 Å². The zero-order valence-electron chi connectivity index (χ0n) is 9.14. The molecule has 0 aliphatic carbocycles. The fraction of sp³-hybridized carbons (Fsp3) is 0.818. The highest BCUT2D eigenvalue weighted by Gasteiger charge is 2.25. The Morgan fingerprint density at radius 3 is 2.77 bits per heavy atom. The first-order valence-electron chi connectivity index (χ1n) is 5.21. The van der Waals surface area contributed by atoms with Crippen LogP contribution in [0.25, 0.3) is 0 Å². The molecule has 1 fully saturated rings. The molecule has 0 aromatic rings. The fourth-order valence-corrected chi connectivity index (χ4v) is 1.96. The summed E-state index contributed by atoms with van der Waals surface area (Å²) in [5, 5.41) is 3.17. The first-order chi connectivity index (χ1) is 6.15. The van der Waals surface area contributed by atoms with Gasteiger partial charge in [-0.15, -0.1) is 0 Å². The Morgan fingerprint density at radius 1 is 1.62 bits per heavy atom. The van der Waals surface area contributed by atoms with Crippen molar-refractivity contribution < 1.29 is 0 Å². The lowest BCUT2D eigenvalue weighted by Gasteiger charge is -2.20. The highest BCUT2D eigenvalue weighted by molar-refractivity contribution is 5.06. The summed E-state index contributed by atoms with van der Waals surface area (Å²) < 4.78 is 0. The molecule has 0 radical (unpaired) electrons. The van der Waals surface area contributed by atoms with Crippen LogP contribution in [0.4, 0.5) is 0 Å². The lowest BCUT2D eigenvalue weighted by atomic mass is 10.00. The maximum atomic E-state index is 4.13. The summed E-state index contributed by atoms with van der Waals surface area (Å²) in [7, 11) is 1.99. The summed E-state index contributed by atoms with van der Waals surface area (Å²) in [6.07, 6.45) is 1.29. The molecule has 1 unspecified atom stereocenters. The molecule has 1 saturated heterocycles. The number of nitrogens with zero attached hydrogens (tertiary/aromatic N) is 1. The Bertz CT molecular complexity index is 175. The van der Waals surface area contributed by atoms with Crippen molar-refractivity contribution in [3.05, 3.63) is 12.2 Å². The molecule has 1 rings (SSSR count). The van der Waals surface area contributed by atoms with E-state index in [0.717, 1.165) is 12.5 Å². The van der Waals surface area contributed by atoms with Gasteiger partial charge in [-0.2, -0.15) is 0 Å². The Hall–Kier alpha value is -0.340. The van der Waals surface area contributed by atoms with E-state index in [0.29, 0.717) is 6.04 Å². The number of likely N-dealkylation sites (tertiary alicyclic amines) is 1. The number of likely N-dealkylation sites (N-methyl/N-ethyl adjacent to an activating group) is 1. The summed E-state index contributed by atoms with van der Waals surface area (Å²) in [6.45, 7) is 12.1. The molecule has 1 heterocycles. The minimum absolute atomic E-state index is 0.687. The maximum absolute atomic E-state index is 4.13. The third kappa shape index (κ3) is 2.82. The molecule has 0 spiro atoms. The molecule has 2 heteroatoms. The summed E-state index contributed by atoms with van der Waals surface area (Å²) in [5.41, 5.74) is 1.37. The topological polar surface area (TPSA) is 15.3 Å². The molecule has 13 heavy (non-hydrogen) atoms. The van der Waals surface area contributed by atoms with Crippen molar-refractivity contribution in [2.24, 2.45) is 5.92 Å². The van der Waals surface area contributed by atoms with E-state index in [1.807, 2.05) is 7.05 Å². The number of nitrogens with one attached hydrogen (secondary N) is 1. The number of rotatable bonds is 4. The predicted molar refractivity (Wildman–Crippen MR) is 57.9 cm³/mol. The van der Waals surface area contributed by atoms with Crippen LogP contribution < -0.4 is 5.32 Å². The molecule has 0 aromatic carbocycles. The molecule has 0 amide bonds. The van der Waals surface area contributed by atoms with Crippen LogP contribution in [0.3, 0.4) is 0 Å².